The summed E-state index contributed by atoms with van der Waals surface area (Å²) < 4.78 is 33.0. The van der Waals surface area contributed by atoms with Gasteiger partial charge in [0.05, 0.1) is 13.0 Å². The number of hydrogen-bond acceptors (Lipinski definition) is 5. The molecule has 0 aromatic carbocycles. The van der Waals surface area contributed by atoms with E-state index in [2.05, 4.69) is 5.32 Å². The molecule has 0 amide bonds. The Labute approximate surface area is 120 Å². The Hall–Kier alpha value is -0.700. The van der Waals surface area contributed by atoms with Crippen molar-refractivity contribution in [1.82, 2.24) is 13.9 Å². The molecule has 2 heterocycles. The van der Waals surface area contributed by atoms with Crippen LogP contribution in [0.25, 0.3) is 0 Å². The molecule has 0 aliphatic carbocycles. The van der Waals surface area contributed by atoms with Crippen molar-refractivity contribution >= 4 is 16.2 Å². The van der Waals surface area contributed by atoms with Gasteiger partial charge in [0.25, 0.3) is 10.2 Å². The maximum Gasteiger partial charge on any atom is 0.308 e. The number of esters is 1. The van der Waals surface area contributed by atoms with Crippen molar-refractivity contribution in [3.05, 3.63) is 0 Å². The fourth-order valence-electron chi connectivity index (χ4n) is 2.80. The fourth-order valence-corrected chi connectivity index (χ4v) is 4.62. The molecule has 2 aliphatic rings. The number of rotatable bonds is 3. The maximum absolute atomic E-state index is 12.6. The Balaban J connectivity index is 2.00. The first-order valence-electron chi connectivity index (χ1n) is 7.02. The summed E-state index contributed by atoms with van der Waals surface area (Å²) >= 11 is 0. The minimum Gasteiger partial charge on any atom is -0.469 e. The molecule has 2 saturated heterocycles. The molecule has 2 aliphatic heterocycles. The van der Waals surface area contributed by atoms with E-state index in [-0.39, 0.29) is 17.9 Å². The number of piperidine rings is 1. The molecule has 116 valence electrons. The van der Waals surface area contributed by atoms with E-state index < -0.39 is 10.2 Å². The zero-order valence-electron chi connectivity index (χ0n) is 12.0. The number of carbonyl (C=O) groups excluding carboxylic acids is 1. The minimum atomic E-state index is -3.42. The van der Waals surface area contributed by atoms with Crippen LogP contribution in [-0.4, -0.2) is 68.9 Å². The molecule has 8 heteroatoms. The lowest BCUT2D eigenvalue weighted by atomic mass is 9.99. The highest BCUT2D eigenvalue weighted by atomic mass is 32.2. The molecule has 2 rings (SSSR count). The molecule has 2 fully saturated rings. The first kappa shape index (κ1) is 15.7. The Morgan fingerprint density at radius 2 is 1.90 bits per heavy atom. The molecule has 0 radical (unpaired) electrons. The number of nitrogens with zero attached hydrogens (tertiary/aromatic N) is 2. The van der Waals surface area contributed by atoms with E-state index in [1.807, 2.05) is 6.92 Å². The van der Waals surface area contributed by atoms with Gasteiger partial charge in [-0.1, -0.05) is 0 Å². The second-order valence-electron chi connectivity index (χ2n) is 5.37. The van der Waals surface area contributed by atoms with E-state index in [4.69, 9.17) is 4.74 Å². The molecular formula is C12H23N3O4S. The molecule has 1 N–H and O–H groups in total. The van der Waals surface area contributed by atoms with Gasteiger partial charge in [0.1, 0.15) is 0 Å². The van der Waals surface area contributed by atoms with Crippen molar-refractivity contribution in [3.63, 3.8) is 0 Å². The first-order valence-corrected chi connectivity index (χ1v) is 8.42. The van der Waals surface area contributed by atoms with Crippen LogP contribution in [-0.2, 0) is 19.7 Å². The summed E-state index contributed by atoms with van der Waals surface area (Å²) in [7, 11) is -2.05. The van der Waals surface area contributed by atoms with Gasteiger partial charge in [-0.3, -0.25) is 4.79 Å². The van der Waals surface area contributed by atoms with Gasteiger partial charge >= 0.3 is 5.97 Å². The van der Waals surface area contributed by atoms with E-state index in [1.165, 1.54) is 11.4 Å². The molecule has 0 spiro atoms. The second kappa shape index (κ2) is 6.38. The van der Waals surface area contributed by atoms with Crippen LogP contribution in [0.2, 0.25) is 0 Å². The summed E-state index contributed by atoms with van der Waals surface area (Å²) in [5, 5.41) is 3.18. The van der Waals surface area contributed by atoms with Crippen molar-refractivity contribution in [1.29, 1.82) is 0 Å². The van der Waals surface area contributed by atoms with Gasteiger partial charge in [0.15, 0.2) is 0 Å². The van der Waals surface area contributed by atoms with Crippen molar-refractivity contribution < 1.29 is 17.9 Å². The Bertz CT molecular complexity index is 446. The molecule has 0 unspecified atom stereocenters. The highest BCUT2D eigenvalue weighted by Crippen LogP contribution is 2.23. The van der Waals surface area contributed by atoms with Crippen LogP contribution >= 0.6 is 0 Å². The van der Waals surface area contributed by atoms with Crippen LogP contribution < -0.4 is 5.32 Å². The van der Waals surface area contributed by atoms with Crippen LogP contribution in [0.1, 0.15) is 19.8 Å². The van der Waals surface area contributed by atoms with Gasteiger partial charge in [0, 0.05) is 38.8 Å². The normalized spacial score (nSPS) is 27.4. The predicted octanol–water partition coefficient (Wildman–Crippen LogP) is -0.590. The fraction of sp³-hybridized carbons (Fsp3) is 0.917. The SMILES string of the molecule is COC(=O)C1CCN(S(=O)(=O)N2CCNC[C@@H]2C)CC1. The van der Waals surface area contributed by atoms with E-state index in [0.717, 1.165) is 0 Å². The molecule has 7 nitrogen and oxygen atoms in total. The number of carbonyl (C=O) groups is 1. The summed E-state index contributed by atoms with van der Waals surface area (Å²) in [5.74, 6) is -0.413. The molecule has 0 aromatic rings. The van der Waals surface area contributed by atoms with Gasteiger partial charge in [-0.15, -0.1) is 0 Å². The average molecular weight is 305 g/mol. The van der Waals surface area contributed by atoms with Crippen molar-refractivity contribution in [2.45, 2.75) is 25.8 Å². The molecule has 0 bridgehead atoms. The average Bonchev–Trinajstić information content (AvgIpc) is 2.47. The van der Waals surface area contributed by atoms with Crippen molar-refractivity contribution in [2.75, 3.05) is 39.8 Å². The number of nitrogens with one attached hydrogen (secondary N) is 1. The largest absolute Gasteiger partial charge is 0.469 e. The number of methoxy groups -OCH3 is 1. The third-order valence-electron chi connectivity index (χ3n) is 4.05. The quantitative estimate of drug-likeness (QED) is 0.705. The Kier molecular flexibility index (Phi) is 5.00. The van der Waals surface area contributed by atoms with Gasteiger partial charge in [-0.2, -0.15) is 17.0 Å². The lowest BCUT2D eigenvalue weighted by Gasteiger charge is -2.38. The number of ether oxygens (including phenoxy) is 1. The van der Waals surface area contributed by atoms with Crippen molar-refractivity contribution in [3.8, 4) is 0 Å². The summed E-state index contributed by atoms with van der Waals surface area (Å²) in [4.78, 5) is 11.5. The van der Waals surface area contributed by atoms with E-state index >= 15 is 0 Å². The smallest absolute Gasteiger partial charge is 0.308 e. The molecular weight excluding hydrogens is 282 g/mol. The van der Waals surface area contributed by atoms with Gasteiger partial charge in [0.2, 0.25) is 0 Å². The standard InChI is InChI=1S/C12H23N3O4S/c1-10-9-13-5-8-15(10)20(17,18)14-6-3-11(4-7-14)12(16)19-2/h10-11,13H,3-9H2,1-2H3/t10-/m0/s1. The summed E-state index contributed by atoms with van der Waals surface area (Å²) in [6.45, 7) is 4.54. The van der Waals surface area contributed by atoms with Crippen LogP contribution in [0.5, 0.6) is 0 Å². The summed E-state index contributed by atoms with van der Waals surface area (Å²) in [5.41, 5.74) is 0. The molecule has 0 saturated carbocycles. The van der Waals surface area contributed by atoms with Gasteiger partial charge < -0.3 is 10.1 Å². The third-order valence-corrected chi connectivity index (χ3v) is 6.20. The second-order valence-corrected chi connectivity index (χ2v) is 7.25. The zero-order chi connectivity index (χ0) is 14.8. The zero-order valence-corrected chi connectivity index (χ0v) is 12.9. The van der Waals surface area contributed by atoms with Crippen LogP contribution in [0, 0.1) is 5.92 Å². The molecule has 0 aromatic heterocycles. The third kappa shape index (κ3) is 3.13. The monoisotopic (exact) mass is 305 g/mol. The number of hydrogen-bond donors (Lipinski definition) is 1. The lowest BCUT2D eigenvalue weighted by Crippen LogP contribution is -2.57. The highest BCUT2D eigenvalue weighted by Gasteiger charge is 2.37. The lowest BCUT2D eigenvalue weighted by molar-refractivity contribution is -0.146. The Morgan fingerprint density at radius 3 is 2.45 bits per heavy atom. The predicted molar refractivity (Wildman–Crippen MR) is 74.3 cm³/mol. The molecule has 1 atom stereocenters. The maximum atomic E-state index is 12.6. The van der Waals surface area contributed by atoms with Crippen LogP contribution in [0.4, 0.5) is 0 Å². The van der Waals surface area contributed by atoms with Crippen LogP contribution in [0.15, 0.2) is 0 Å². The van der Waals surface area contributed by atoms with Gasteiger partial charge in [-0.25, -0.2) is 0 Å². The van der Waals surface area contributed by atoms with E-state index in [9.17, 15) is 13.2 Å². The van der Waals surface area contributed by atoms with Crippen molar-refractivity contribution in [2.24, 2.45) is 5.92 Å². The van der Waals surface area contributed by atoms with E-state index in [1.54, 1.807) is 4.31 Å². The highest BCUT2D eigenvalue weighted by molar-refractivity contribution is 7.86. The first-order chi connectivity index (χ1) is 9.46. The van der Waals surface area contributed by atoms with Gasteiger partial charge in [-0.05, 0) is 19.8 Å². The minimum absolute atomic E-state index is 0.0351. The Morgan fingerprint density at radius 1 is 1.25 bits per heavy atom. The van der Waals surface area contributed by atoms with Crippen LogP contribution in [0.3, 0.4) is 0 Å². The topological polar surface area (TPSA) is 79.0 Å². The molecule has 20 heavy (non-hydrogen) atoms. The van der Waals surface area contributed by atoms with E-state index in [0.29, 0.717) is 45.6 Å². The number of piperazine rings is 1. The summed E-state index contributed by atoms with van der Waals surface area (Å²) in [6.07, 6.45) is 1.07. The summed E-state index contributed by atoms with van der Waals surface area (Å²) in [6, 6.07) is -0.0351.